The summed E-state index contributed by atoms with van der Waals surface area (Å²) in [4.78, 5) is 0. The van der Waals surface area contributed by atoms with Crippen molar-refractivity contribution < 1.29 is 4.42 Å². The molecule has 114 valence electrons. The summed E-state index contributed by atoms with van der Waals surface area (Å²) in [5.41, 5.74) is 2.56. The Labute approximate surface area is 142 Å². The van der Waals surface area contributed by atoms with Gasteiger partial charge in [0.05, 0.1) is 0 Å². The minimum atomic E-state index is 0.696. The lowest BCUT2D eigenvalue weighted by atomic mass is 10.2. The summed E-state index contributed by atoms with van der Waals surface area (Å²) in [5, 5.41) is 9.49. The Morgan fingerprint density at radius 3 is 2.55 bits per heavy atom. The number of rotatable bonds is 5. The van der Waals surface area contributed by atoms with E-state index in [9.17, 15) is 0 Å². The molecule has 3 rings (SSSR count). The first-order valence-corrected chi connectivity index (χ1v) is 8.82. The van der Waals surface area contributed by atoms with Crippen LogP contribution in [0, 0.1) is 6.92 Å². The quantitative estimate of drug-likeness (QED) is 0.591. The molecule has 0 saturated heterocycles. The third-order valence-electron chi connectivity index (χ3n) is 3.32. The maximum absolute atomic E-state index is 5.59. The Morgan fingerprint density at radius 1 is 1.14 bits per heavy atom. The molecule has 0 spiro atoms. The van der Waals surface area contributed by atoms with Crippen molar-refractivity contribution in [3.63, 3.8) is 0 Å². The number of hydrogen-bond donors (Lipinski definition) is 0. The predicted molar refractivity (Wildman–Crippen MR) is 91.8 cm³/mol. The highest BCUT2D eigenvalue weighted by atomic mass is 79.9. The van der Waals surface area contributed by atoms with Crippen LogP contribution >= 0.6 is 27.7 Å². The van der Waals surface area contributed by atoms with E-state index >= 15 is 0 Å². The van der Waals surface area contributed by atoms with Gasteiger partial charge in [-0.15, -0.1) is 10.2 Å². The van der Waals surface area contributed by atoms with Crippen molar-refractivity contribution in [3.8, 4) is 11.6 Å². The van der Waals surface area contributed by atoms with Gasteiger partial charge in [-0.1, -0.05) is 41.6 Å². The number of aromatic nitrogens is 3. The summed E-state index contributed by atoms with van der Waals surface area (Å²) in [6, 6.07) is 12.3. The van der Waals surface area contributed by atoms with Gasteiger partial charge in [0.15, 0.2) is 15.6 Å². The van der Waals surface area contributed by atoms with Crippen molar-refractivity contribution in [2.45, 2.75) is 31.3 Å². The van der Waals surface area contributed by atoms with E-state index in [4.69, 9.17) is 4.42 Å². The maximum Gasteiger partial charge on any atom is 0.200 e. The molecule has 0 bridgehead atoms. The Morgan fingerprint density at radius 2 is 1.91 bits per heavy atom. The Balaban J connectivity index is 1.79. The SMILES string of the molecule is CCn1c(SCc2ccc(C)cc2)nnc1-c1ccc(Br)o1. The van der Waals surface area contributed by atoms with E-state index in [1.807, 2.05) is 12.1 Å². The number of hydrogen-bond acceptors (Lipinski definition) is 4. The van der Waals surface area contributed by atoms with Crippen LogP contribution in [0.4, 0.5) is 0 Å². The van der Waals surface area contributed by atoms with Crippen LogP contribution in [0.1, 0.15) is 18.1 Å². The van der Waals surface area contributed by atoms with Gasteiger partial charge in [0.2, 0.25) is 5.82 Å². The molecule has 0 saturated carbocycles. The van der Waals surface area contributed by atoms with Gasteiger partial charge >= 0.3 is 0 Å². The summed E-state index contributed by atoms with van der Waals surface area (Å²) < 4.78 is 8.36. The molecule has 22 heavy (non-hydrogen) atoms. The van der Waals surface area contributed by atoms with Crippen LogP contribution in [0.3, 0.4) is 0 Å². The van der Waals surface area contributed by atoms with Crippen molar-refractivity contribution in [2.24, 2.45) is 0 Å². The lowest BCUT2D eigenvalue weighted by Crippen LogP contribution is -1.99. The standard InChI is InChI=1S/C16H16BrN3OS/c1-3-20-15(13-8-9-14(17)21-13)18-19-16(20)22-10-12-6-4-11(2)5-7-12/h4-9H,3,10H2,1-2H3. The third kappa shape index (κ3) is 3.28. The van der Waals surface area contributed by atoms with Crippen LogP contribution in [0.5, 0.6) is 0 Å². The number of thioether (sulfide) groups is 1. The summed E-state index contributed by atoms with van der Waals surface area (Å²) in [5.74, 6) is 2.36. The van der Waals surface area contributed by atoms with Gasteiger partial charge in [-0.05, 0) is 47.5 Å². The van der Waals surface area contributed by atoms with Crippen LogP contribution in [-0.2, 0) is 12.3 Å². The average molecular weight is 378 g/mol. The monoisotopic (exact) mass is 377 g/mol. The first-order valence-electron chi connectivity index (χ1n) is 7.04. The molecule has 0 radical (unpaired) electrons. The summed E-state index contributed by atoms with van der Waals surface area (Å²) in [6.07, 6.45) is 0. The van der Waals surface area contributed by atoms with Crippen LogP contribution in [0.2, 0.25) is 0 Å². The molecule has 4 nitrogen and oxygen atoms in total. The van der Waals surface area contributed by atoms with Gasteiger partial charge in [0, 0.05) is 12.3 Å². The minimum absolute atomic E-state index is 0.696. The summed E-state index contributed by atoms with van der Waals surface area (Å²) in [6.45, 7) is 4.98. The third-order valence-corrected chi connectivity index (χ3v) is 4.78. The Hall–Kier alpha value is -1.53. The number of benzene rings is 1. The van der Waals surface area contributed by atoms with E-state index in [0.717, 1.165) is 29.0 Å². The molecule has 0 fully saturated rings. The molecule has 3 aromatic rings. The minimum Gasteiger partial charge on any atom is -0.446 e. The van der Waals surface area contributed by atoms with E-state index in [2.05, 4.69) is 68.8 Å². The second kappa shape index (κ2) is 6.71. The van der Waals surface area contributed by atoms with E-state index in [0.29, 0.717) is 4.67 Å². The summed E-state index contributed by atoms with van der Waals surface area (Å²) >= 11 is 5.01. The van der Waals surface area contributed by atoms with Crippen molar-refractivity contribution >= 4 is 27.7 Å². The highest BCUT2D eigenvalue weighted by Gasteiger charge is 2.16. The van der Waals surface area contributed by atoms with Crippen LogP contribution in [-0.4, -0.2) is 14.8 Å². The van der Waals surface area contributed by atoms with Crippen molar-refractivity contribution in [3.05, 3.63) is 52.2 Å². The van der Waals surface area contributed by atoms with Gasteiger partial charge in [0.1, 0.15) is 0 Å². The highest BCUT2D eigenvalue weighted by Crippen LogP contribution is 2.28. The number of aryl methyl sites for hydroxylation is 1. The van der Waals surface area contributed by atoms with Crippen molar-refractivity contribution in [1.29, 1.82) is 0 Å². The molecule has 0 aliphatic rings. The largest absolute Gasteiger partial charge is 0.446 e. The fourth-order valence-corrected chi connectivity index (χ4v) is 3.39. The van der Waals surface area contributed by atoms with Crippen molar-refractivity contribution in [2.75, 3.05) is 0 Å². The first-order chi connectivity index (χ1) is 10.7. The van der Waals surface area contributed by atoms with E-state index in [1.54, 1.807) is 11.8 Å². The second-order valence-corrected chi connectivity index (χ2v) is 6.65. The van der Waals surface area contributed by atoms with Gasteiger partial charge in [-0.2, -0.15) is 0 Å². The fourth-order valence-electron chi connectivity index (χ4n) is 2.13. The topological polar surface area (TPSA) is 43.9 Å². The van der Waals surface area contributed by atoms with Crippen LogP contribution < -0.4 is 0 Å². The highest BCUT2D eigenvalue weighted by molar-refractivity contribution is 9.10. The van der Waals surface area contributed by atoms with Crippen LogP contribution in [0.15, 0.2) is 50.6 Å². The number of nitrogens with zero attached hydrogens (tertiary/aromatic N) is 3. The molecule has 0 unspecified atom stereocenters. The Bertz CT molecular complexity index is 764. The molecule has 1 aromatic carbocycles. The average Bonchev–Trinajstić information content (AvgIpc) is 3.12. The van der Waals surface area contributed by atoms with Gasteiger partial charge in [0.25, 0.3) is 0 Å². The molecule has 2 aromatic heterocycles. The Kier molecular flexibility index (Phi) is 4.69. The number of halogens is 1. The second-order valence-electron chi connectivity index (χ2n) is 4.93. The number of furan rings is 1. The molecule has 2 heterocycles. The van der Waals surface area contributed by atoms with Gasteiger partial charge < -0.3 is 4.42 Å². The molecule has 0 aliphatic heterocycles. The maximum atomic E-state index is 5.59. The van der Waals surface area contributed by atoms with E-state index in [1.165, 1.54) is 11.1 Å². The molecular formula is C16H16BrN3OS. The van der Waals surface area contributed by atoms with Gasteiger partial charge in [-0.25, -0.2) is 0 Å². The zero-order chi connectivity index (χ0) is 15.5. The zero-order valence-electron chi connectivity index (χ0n) is 12.4. The van der Waals surface area contributed by atoms with Crippen LogP contribution in [0.25, 0.3) is 11.6 Å². The van der Waals surface area contributed by atoms with E-state index < -0.39 is 0 Å². The van der Waals surface area contributed by atoms with E-state index in [-0.39, 0.29) is 0 Å². The molecule has 6 heteroatoms. The zero-order valence-corrected chi connectivity index (χ0v) is 14.8. The molecule has 0 amide bonds. The molecule has 0 atom stereocenters. The normalized spacial score (nSPS) is 11.0. The lowest BCUT2D eigenvalue weighted by molar-refractivity contribution is 0.543. The molecular weight excluding hydrogens is 362 g/mol. The van der Waals surface area contributed by atoms with Gasteiger partial charge in [-0.3, -0.25) is 4.57 Å². The fraction of sp³-hybridized carbons (Fsp3) is 0.250. The predicted octanol–water partition coefficient (Wildman–Crippen LogP) is 4.92. The lowest BCUT2D eigenvalue weighted by Gasteiger charge is -2.06. The molecule has 0 aliphatic carbocycles. The first kappa shape index (κ1) is 15.4. The summed E-state index contributed by atoms with van der Waals surface area (Å²) in [7, 11) is 0. The van der Waals surface area contributed by atoms with Crippen molar-refractivity contribution in [1.82, 2.24) is 14.8 Å². The smallest absolute Gasteiger partial charge is 0.200 e. The molecule has 0 N–H and O–H groups in total.